The van der Waals surface area contributed by atoms with Crippen LogP contribution in [0.1, 0.15) is 49.3 Å². The van der Waals surface area contributed by atoms with E-state index < -0.39 is 12.0 Å². The van der Waals surface area contributed by atoms with Crippen LogP contribution in [0.25, 0.3) is 11.8 Å². The number of carbonyl (C=O) groups excluding carboxylic acids is 1. The molecule has 4 aromatic rings. The van der Waals surface area contributed by atoms with Crippen molar-refractivity contribution >= 4 is 45.0 Å². The average Bonchev–Trinajstić information content (AvgIpc) is 3.40. The number of allylic oxidation sites excluding steroid dienone is 1. The van der Waals surface area contributed by atoms with Crippen LogP contribution in [0, 0.1) is 13.8 Å². The molecule has 1 aliphatic heterocycles. The lowest BCUT2D eigenvalue weighted by atomic mass is 9.95. The second-order valence-electron chi connectivity index (χ2n) is 11.0. The summed E-state index contributed by atoms with van der Waals surface area (Å²) in [6.45, 7) is 9.48. The van der Waals surface area contributed by atoms with Gasteiger partial charge in [0.25, 0.3) is 5.56 Å². The maximum Gasteiger partial charge on any atom is 0.338 e. The maximum atomic E-state index is 14.2. The van der Waals surface area contributed by atoms with Crippen molar-refractivity contribution in [2.45, 2.75) is 46.8 Å². The Morgan fingerprint density at radius 1 is 1.09 bits per heavy atom. The summed E-state index contributed by atoms with van der Waals surface area (Å²) < 4.78 is 16.4. The molecule has 2 aromatic carbocycles. The van der Waals surface area contributed by atoms with Crippen LogP contribution in [0.15, 0.2) is 74.1 Å². The van der Waals surface area contributed by atoms with Gasteiger partial charge in [-0.15, -0.1) is 0 Å². The van der Waals surface area contributed by atoms with Crippen LogP contribution < -0.4 is 24.5 Å². The Bertz CT molecular complexity index is 1930. The second-order valence-corrected chi connectivity index (χ2v) is 12.9. The van der Waals surface area contributed by atoms with Crippen molar-refractivity contribution < 1.29 is 14.3 Å². The molecule has 0 saturated carbocycles. The molecular weight excluding hydrogens is 628 g/mol. The molecule has 5 rings (SSSR count). The van der Waals surface area contributed by atoms with E-state index in [0.29, 0.717) is 31.9 Å². The van der Waals surface area contributed by atoms with Gasteiger partial charge in [0, 0.05) is 46.9 Å². The van der Waals surface area contributed by atoms with E-state index in [1.165, 1.54) is 11.3 Å². The Balaban J connectivity index is 1.69. The van der Waals surface area contributed by atoms with E-state index in [-0.39, 0.29) is 11.7 Å². The SMILES string of the molecule is COc1ccc(Br)cc1[C@H]1C(C(=O)OC(C)C)=C(C)N=c2s/c(=C\c3cc(C)n(-c4ccc(N(C)C)cc4)c3C)c(=O)n21. The molecule has 43 heavy (non-hydrogen) atoms. The van der Waals surface area contributed by atoms with Crippen molar-refractivity contribution in [3.05, 3.63) is 106 Å². The molecule has 0 bridgehead atoms. The largest absolute Gasteiger partial charge is 0.496 e. The number of halogens is 1. The molecular formula is C33H35BrN4O4S. The summed E-state index contributed by atoms with van der Waals surface area (Å²) in [7, 11) is 5.61. The number of hydrogen-bond acceptors (Lipinski definition) is 7. The number of ether oxygens (including phenoxy) is 2. The number of aryl methyl sites for hydroxylation is 1. The standard InChI is InChI=1S/C33H35BrN4O4S/c1-18(2)42-32(40)29-20(4)35-33-38(30(29)26-17-23(34)9-14-27(26)41-8)31(39)28(43-33)16-22-15-19(3)37(21(22)5)25-12-10-24(11-13-25)36(6)7/h9-18,30H,1-8H3/b28-16-/t30-/m0/s1. The van der Waals surface area contributed by atoms with Crippen LogP contribution in [0.2, 0.25) is 0 Å². The number of rotatable bonds is 7. The summed E-state index contributed by atoms with van der Waals surface area (Å²) in [5.41, 5.74) is 6.42. The molecule has 3 heterocycles. The van der Waals surface area contributed by atoms with Crippen molar-refractivity contribution in [1.82, 2.24) is 9.13 Å². The Hall–Kier alpha value is -3.89. The van der Waals surface area contributed by atoms with Gasteiger partial charge in [-0.05, 0) is 94.8 Å². The molecule has 0 spiro atoms. The van der Waals surface area contributed by atoms with E-state index in [4.69, 9.17) is 14.5 Å². The molecule has 224 valence electrons. The highest BCUT2D eigenvalue weighted by Crippen LogP contribution is 2.37. The first kappa shape index (κ1) is 30.6. The van der Waals surface area contributed by atoms with Crippen LogP contribution >= 0.6 is 27.3 Å². The fraction of sp³-hybridized carbons (Fsp3) is 0.303. The summed E-state index contributed by atoms with van der Waals surface area (Å²) in [6, 6.07) is 15.2. The number of aromatic nitrogens is 2. The van der Waals surface area contributed by atoms with Gasteiger partial charge in [0.1, 0.15) is 11.8 Å². The molecule has 8 nitrogen and oxygen atoms in total. The van der Waals surface area contributed by atoms with Gasteiger partial charge in [-0.25, -0.2) is 9.79 Å². The van der Waals surface area contributed by atoms with E-state index in [9.17, 15) is 9.59 Å². The molecule has 0 radical (unpaired) electrons. The summed E-state index contributed by atoms with van der Waals surface area (Å²) in [4.78, 5) is 35.0. The van der Waals surface area contributed by atoms with Crippen molar-refractivity contribution in [2.75, 3.05) is 26.1 Å². The predicted molar refractivity (Wildman–Crippen MR) is 175 cm³/mol. The third kappa shape index (κ3) is 5.73. The molecule has 0 saturated heterocycles. The Kier molecular flexibility index (Phi) is 8.54. The summed E-state index contributed by atoms with van der Waals surface area (Å²) >= 11 is 4.86. The van der Waals surface area contributed by atoms with E-state index in [1.807, 2.05) is 38.4 Å². The van der Waals surface area contributed by atoms with Gasteiger partial charge in [0.15, 0.2) is 4.80 Å². The van der Waals surface area contributed by atoms with Gasteiger partial charge in [0.2, 0.25) is 0 Å². The van der Waals surface area contributed by atoms with E-state index in [2.05, 4.69) is 69.6 Å². The molecule has 0 amide bonds. The Labute approximate surface area is 263 Å². The smallest absolute Gasteiger partial charge is 0.338 e. The maximum absolute atomic E-state index is 14.2. The topological polar surface area (TPSA) is 78.1 Å². The van der Waals surface area contributed by atoms with E-state index >= 15 is 0 Å². The lowest BCUT2D eigenvalue weighted by Crippen LogP contribution is -2.40. The predicted octanol–water partition coefficient (Wildman–Crippen LogP) is 5.43. The number of nitrogens with zero attached hydrogens (tertiary/aromatic N) is 4. The van der Waals surface area contributed by atoms with Crippen molar-refractivity contribution in [3.8, 4) is 11.4 Å². The molecule has 1 aliphatic rings. The van der Waals surface area contributed by atoms with E-state index in [1.54, 1.807) is 32.4 Å². The van der Waals surface area contributed by atoms with E-state index in [0.717, 1.165) is 32.8 Å². The number of esters is 1. The van der Waals surface area contributed by atoms with Crippen molar-refractivity contribution in [2.24, 2.45) is 4.99 Å². The molecule has 10 heteroatoms. The zero-order valence-corrected chi connectivity index (χ0v) is 28.0. The van der Waals surface area contributed by atoms with Crippen LogP contribution in [-0.4, -0.2) is 42.4 Å². The fourth-order valence-electron chi connectivity index (χ4n) is 5.45. The first-order chi connectivity index (χ1) is 20.4. The highest BCUT2D eigenvalue weighted by molar-refractivity contribution is 9.10. The summed E-state index contributed by atoms with van der Waals surface area (Å²) in [5.74, 6) is 0.0394. The quantitative estimate of drug-likeness (QED) is 0.247. The minimum atomic E-state index is -0.778. The van der Waals surface area contributed by atoms with Gasteiger partial charge >= 0.3 is 5.97 Å². The minimum absolute atomic E-state index is 0.238. The molecule has 0 aliphatic carbocycles. The third-order valence-electron chi connectivity index (χ3n) is 7.45. The number of anilines is 1. The average molecular weight is 664 g/mol. The van der Waals surface area contributed by atoms with Gasteiger partial charge in [0.05, 0.1) is 29.0 Å². The van der Waals surface area contributed by atoms with Crippen molar-refractivity contribution in [3.63, 3.8) is 0 Å². The van der Waals surface area contributed by atoms with Gasteiger partial charge in [-0.1, -0.05) is 27.3 Å². The first-order valence-corrected chi connectivity index (χ1v) is 15.6. The van der Waals surface area contributed by atoms with Gasteiger partial charge in [-0.2, -0.15) is 0 Å². The Morgan fingerprint density at radius 3 is 2.42 bits per heavy atom. The number of methoxy groups -OCH3 is 1. The lowest BCUT2D eigenvalue weighted by molar-refractivity contribution is -0.143. The molecule has 0 unspecified atom stereocenters. The van der Waals surface area contributed by atoms with Gasteiger partial charge in [-0.3, -0.25) is 9.36 Å². The summed E-state index contributed by atoms with van der Waals surface area (Å²) in [5, 5.41) is 0. The Morgan fingerprint density at radius 2 is 1.79 bits per heavy atom. The number of carbonyl (C=O) groups is 1. The normalized spacial score (nSPS) is 15.0. The second kappa shape index (κ2) is 12.0. The third-order valence-corrected chi connectivity index (χ3v) is 8.93. The molecule has 0 N–H and O–H groups in total. The summed E-state index contributed by atoms with van der Waals surface area (Å²) in [6.07, 6.45) is 1.58. The number of thiazole rings is 1. The zero-order chi connectivity index (χ0) is 31.2. The first-order valence-electron chi connectivity index (χ1n) is 13.9. The monoisotopic (exact) mass is 662 g/mol. The molecule has 1 atom stereocenters. The van der Waals surface area contributed by atoms with Crippen LogP contribution in [0.3, 0.4) is 0 Å². The molecule has 2 aromatic heterocycles. The minimum Gasteiger partial charge on any atom is -0.496 e. The van der Waals surface area contributed by atoms with Crippen LogP contribution in [0.5, 0.6) is 5.75 Å². The van der Waals surface area contributed by atoms with Crippen LogP contribution in [-0.2, 0) is 9.53 Å². The fourth-order valence-corrected chi connectivity index (χ4v) is 6.86. The molecule has 0 fully saturated rings. The highest BCUT2D eigenvalue weighted by atomic mass is 79.9. The highest BCUT2D eigenvalue weighted by Gasteiger charge is 2.35. The number of benzene rings is 2. The van der Waals surface area contributed by atoms with Gasteiger partial charge < -0.3 is 18.9 Å². The number of hydrogen-bond donors (Lipinski definition) is 0. The lowest BCUT2D eigenvalue weighted by Gasteiger charge is -2.26. The number of fused-ring (bicyclic) bond motifs is 1. The van der Waals surface area contributed by atoms with Crippen molar-refractivity contribution in [1.29, 1.82) is 0 Å². The zero-order valence-electron chi connectivity index (χ0n) is 25.6. The van der Waals surface area contributed by atoms with Crippen LogP contribution in [0.4, 0.5) is 5.69 Å².